The van der Waals surface area contributed by atoms with Crippen molar-refractivity contribution in [1.82, 2.24) is 9.97 Å². The summed E-state index contributed by atoms with van der Waals surface area (Å²) in [4.78, 5) is 20.3. The highest BCUT2D eigenvalue weighted by molar-refractivity contribution is 6.01. The van der Waals surface area contributed by atoms with E-state index in [1.807, 2.05) is 13.8 Å². The van der Waals surface area contributed by atoms with Crippen molar-refractivity contribution in [3.05, 3.63) is 41.3 Å². The number of rotatable bonds is 3. The SMILES string of the molecule is CC(=O)c1c(-c2ccc(F)cc2)nc(N)nc1C(C)C. The van der Waals surface area contributed by atoms with E-state index in [0.717, 1.165) is 0 Å². The van der Waals surface area contributed by atoms with E-state index in [1.165, 1.54) is 19.1 Å². The van der Waals surface area contributed by atoms with Crippen LogP contribution in [-0.4, -0.2) is 15.8 Å². The topological polar surface area (TPSA) is 68.9 Å². The zero-order valence-corrected chi connectivity index (χ0v) is 11.6. The number of nitrogens with two attached hydrogens (primary N) is 1. The molecule has 0 unspecified atom stereocenters. The van der Waals surface area contributed by atoms with E-state index in [1.54, 1.807) is 12.1 Å². The van der Waals surface area contributed by atoms with Crippen molar-refractivity contribution in [3.8, 4) is 11.3 Å². The largest absolute Gasteiger partial charge is 0.368 e. The molecule has 4 nitrogen and oxygen atoms in total. The van der Waals surface area contributed by atoms with Crippen LogP contribution in [0.4, 0.5) is 10.3 Å². The standard InChI is InChI=1S/C15H16FN3O/c1-8(2)13-12(9(3)20)14(19-15(17)18-13)10-4-6-11(16)7-5-10/h4-8H,1-3H3,(H2,17,18,19). The van der Waals surface area contributed by atoms with Crippen LogP contribution in [0.5, 0.6) is 0 Å². The fourth-order valence-electron chi connectivity index (χ4n) is 2.08. The first-order valence-corrected chi connectivity index (χ1v) is 6.34. The Morgan fingerprint density at radius 1 is 1.20 bits per heavy atom. The summed E-state index contributed by atoms with van der Waals surface area (Å²) < 4.78 is 13.0. The Hall–Kier alpha value is -2.30. The van der Waals surface area contributed by atoms with Crippen LogP contribution in [0, 0.1) is 5.82 Å². The summed E-state index contributed by atoms with van der Waals surface area (Å²) >= 11 is 0. The number of carbonyl (C=O) groups is 1. The molecule has 1 heterocycles. The van der Waals surface area contributed by atoms with Gasteiger partial charge in [-0.15, -0.1) is 0 Å². The van der Waals surface area contributed by atoms with Gasteiger partial charge in [-0.1, -0.05) is 13.8 Å². The average molecular weight is 273 g/mol. The number of benzene rings is 1. The smallest absolute Gasteiger partial charge is 0.220 e. The average Bonchev–Trinajstić information content (AvgIpc) is 2.38. The lowest BCUT2D eigenvalue weighted by molar-refractivity contribution is 0.101. The highest BCUT2D eigenvalue weighted by atomic mass is 19.1. The minimum absolute atomic E-state index is 0.0402. The van der Waals surface area contributed by atoms with Gasteiger partial charge in [-0.2, -0.15) is 0 Å². The Bertz CT molecular complexity index is 651. The van der Waals surface area contributed by atoms with Crippen LogP contribution in [0.3, 0.4) is 0 Å². The minimum atomic E-state index is -0.343. The molecule has 104 valence electrons. The van der Waals surface area contributed by atoms with Crippen LogP contribution in [0.25, 0.3) is 11.3 Å². The van der Waals surface area contributed by atoms with Crippen molar-refractivity contribution >= 4 is 11.7 Å². The molecule has 0 aliphatic rings. The van der Waals surface area contributed by atoms with Gasteiger partial charge in [-0.3, -0.25) is 4.79 Å². The van der Waals surface area contributed by atoms with E-state index in [9.17, 15) is 9.18 Å². The van der Waals surface area contributed by atoms with Gasteiger partial charge in [-0.25, -0.2) is 14.4 Å². The van der Waals surface area contributed by atoms with Crippen LogP contribution >= 0.6 is 0 Å². The third-order valence-electron chi connectivity index (χ3n) is 2.97. The molecule has 2 rings (SSSR count). The summed E-state index contributed by atoms with van der Waals surface area (Å²) in [5.74, 6) is -0.325. The predicted molar refractivity (Wildman–Crippen MR) is 75.9 cm³/mol. The third kappa shape index (κ3) is 2.66. The number of nitrogen functional groups attached to an aromatic ring is 1. The Labute approximate surface area is 116 Å². The Morgan fingerprint density at radius 2 is 1.80 bits per heavy atom. The van der Waals surface area contributed by atoms with Gasteiger partial charge in [0.05, 0.1) is 17.0 Å². The Morgan fingerprint density at radius 3 is 2.30 bits per heavy atom. The summed E-state index contributed by atoms with van der Waals surface area (Å²) in [6.45, 7) is 5.33. The summed E-state index contributed by atoms with van der Waals surface area (Å²) in [5.41, 5.74) is 7.88. The van der Waals surface area contributed by atoms with Gasteiger partial charge in [-0.05, 0) is 37.1 Å². The molecule has 2 N–H and O–H groups in total. The van der Waals surface area contributed by atoms with Crippen LogP contribution in [-0.2, 0) is 0 Å². The van der Waals surface area contributed by atoms with Gasteiger partial charge in [0, 0.05) is 5.56 Å². The van der Waals surface area contributed by atoms with Crippen molar-refractivity contribution in [3.63, 3.8) is 0 Å². The maximum atomic E-state index is 13.0. The maximum Gasteiger partial charge on any atom is 0.220 e. The van der Waals surface area contributed by atoms with Gasteiger partial charge in [0.15, 0.2) is 5.78 Å². The van der Waals surface area contributed by atoms with Crippen molar-refractivity contribution in [2.75, 3.05) is 5.73 Å². The highest BCUT2D eigenvalue weighted by Crippen LogP contribution is 2.28. The van der Waals surface area contributed by atoms with Gasteiger partial charge < -0.3 is 5.73 Å². The number of carbonyl (C=O) groups excluding carboxylic acids is 1. The van der Waals surface area contributed by atoms with Crippen molar-refractivity contribution in [2.45, 2.75) is 26.7 Å². The molecule has 0 atom stereocenters. The van der Waals surface area contributed by atoms with E-state index in [2.05, 4.69) is 9.97 Å². The number of aromatic nitrogens is 2. The number of halogens is 1. The Balaban J connectivity index is 2.74. The molecule has 0 spiro atoms. The molecule has 0 saturated heterocycles. The minimum Gasteiger partial charge on any atom is -0.368 e. The summed E-state index contributed by atoms with van der Waals surface area (Å²) in [7, 11) is 0. The van der Waals surface area contributed by atoms with Gasteiger partial charge >= 0.3 is 0 Å². The van der Waals surface area contributed by atoms with E-state index < -0.39 is 0 Å². The first kappa shape index (κ1) is 14.1. The first-order chi connectivity index (χ1) is 9.40. The lowest BCUT2D eigenvalue weighted by Gasteiger charge is -2.14. The van der Waals surface area contributed by atoms with Crippen molar-refractivity contribution in [1.29, 1.82) is 0 Å². The van der Waals surface area contributed by atoms with Crippen LogP contribution in [0.2, 0.25) is 0 Å². The number of ketones is 1. The second kappa shape index (κ2) is 5.36. The summed E-state index contributed by atoms with van der Waals surface area (Å²) in [6, 6.07) is 5.81. The molecule has 0 aliphatic heterocycles. The van der Waals surface area contributed by atoms with Crippen LogP contribution in [0.1, 0.15) is 42.7 Å². The zero-order valence-electron chi connectivity index (χ0n) is 11.6. The van der Waals surface area contributed by atoms with Crippen molar-refractivity contribution in [2.24, 2.45) is 0 Å². The second-order valence-electron chi connectivity index (χ2n) is 4.91. The van der Waals surface area contributed by atoms with Crippen LogP contribution in [0.15, 0.2) is 24.3 Å². The maximum absolute atomic E-state index is 13.0. The third-order valence-corrected chi connectivity index (χ3v) is 2.97. The molecule has 0 bridgehead atoms. The molecule has 0 aliphatic carbocycles. The monoisotopic (exact) mass is 273 g/mol. The summed E-state index contributed by atoms with van der Waals surface area (Å²) in [5, 5.41) is 0. The van der Waals surface area contributed by atoms with Gasteiger partial charge in [0.2, 0.25) is 5.95 Å². The fraction of sp³-hybridized carbons (Fsp3) is 0.267. The molecule has 0 fully saturated rings. The predicted octanol–water partition coefficient (Wildman–Crippen LogP) is 3.19. The number of hydrogen-bond acceptors (Lipinski definition) is 4. The molecular weight excluding hydrogens is 257 g/mol. The van der Waals surface area contributed by atoms with E-state index >= 15 is 0 Å². The normalized spacial score (nSPS) is 10.8. The number of anilines is 1. The van der Waals surface area contributed by atoms with E-state index in [0.29, 0.717) is 22.5 Å². The van der Waals surface area contributed by atoms with Crippen molar-refractivity contribution < 1.29 is 9.18 Å². The molecule has 2 aromatic rings. The number of nitrogens with zero attached hydrogens (tertiary/aromatic N) is 2. The van der Waals surface area contributed by atoms with Gasteiger partial charge in [0.25, 0.3) is 0 Å². The molecule has 0 saturated carbocycles. The molecule has 0 amide bonds. The second-order valence-corrected chi connectivity index (χ2v) is 4.91. The molecule has 1 aromatic heterocycles. The lowest BCUT2D eigenvalue weighted by atomic mass is 9.96. The highest BCUT2D eigenvalue weighted by Gasteiger charge is 2.20. The number of hydrogen-bond donors (Lipinski definition) is 1. The van der Waals surface area contributed by atoms with E-state index in [-0.39, 0.29) is 23.5 Å². The quantitative estimate of drug-likeness (QED) is 0.872. The molecule has 5 heteroatoms. The Kier molecular flexibility index (Phi) is 3.79. The number of Topliss-reactive ketones (excluding diaryl/α,β-unsaturated/α-hetero) is 1. The summed E-state index contributed by atoms with van der Waals surface area (Å²) in [6.07, 6.45) is 0. The van der Waals surface area contributed by atoms with Gasteiger partial charge in [0.1, 0.15) is 5.82 Å². The first-order valence-electron chi connectivity index (χ1n) is 6.34. The molecular formula is C15H16FN3O. The van der Waals surface area contributed by atoms with E-state index in [4.69, 9.17) is 5.73 Å². The fourth-order valence-corrected chi connectivity index (χ4v) is 2.08. The molecule has 1 aromatic carbocycles. The van der Waals surface area contributed by atoms with Crippen LogP contribution < -0.4 is 5.73 Å². The molecule has 0 radical (unpaired) electrons. The zero-order chi connectivity index (χ0) is 14.9. The molecule has 20 heavy (non-hydrogen) atoms. The lowest BCUT2D eigenvalue weighted by Crippen LogP contribution is -2.11.